The van der Waals surface area contributed by atoms with Gasteiger partial charge in [0, 0.05) is 38.7 Å². The highest BCUT2D eigenvalue weighted by Gasteiger charge is 2.10. The summed E-state index contributed by atoms with van der Waals surface area (Å²) in [6, 6.07) is 21.8. The first kappa shape index (κ1) is 18.7. The second-order valence-corrected chi connectivity index (χ2v) is 8.54. The Hall–Kier alpha value is -4.84. The molecule has 34 heavy (non-hydrogen) atoms. The summed E-state index contributed by atoms with van der Waals surface area (Å²) in [7, 11) is 0. The van der Waals surface area contributed by atoms with Gasteiger partial charge in [-0.25, -0.2) is 9.97 Å². The average Bonchev–Trinajstić information content (AvgIpc) is 3.61. The van der Waals surface area contributed by atoms with Crippen molar-refractivity contribution in [2.24, 2.45) is 0 Å². The van der Waals surface area contributed by atoms with E-state index in [-0.39, 0.29) is 5.75 Å². The van der Waals surface area contributed by atoms with Gasteiger partial charge >= 0.3 is 0 Å². The minimum Gasteiger partial charge on any atom is -0.508 e. The number of nitrogens with one attached hydrogen (secondary N) is 3. The fraction of sp³-hybridized carbons (Fsp3) is 0. The van der Waals surface area contributed by atoms with Crippen molar-refractivity contribution in [2.75, 3.05) is 0 Å². The Morgan fingerprint density at radius 3 is 2.03 bits per heavy atom. The van der Waals surface area contributed by atoms with Crippen LogP contribution in [0.1, 0.15) is 22.8 Å². The molecule has 0 saturated heterocycles. The number of hydrogen-bond acceptors (Lipinski definition) is 3. The van der Waals surface area contributed by atoms with E-state index in [1.165, 1.54) is 0 Å². The minimum atomic E-state index is 0.251. The number of phenols is 1. The first-order chi connectivity index (χ1) is 16.6. The summed E-state index contributed by atoms with van der Waals surface area (Å²) in [6.45, 7) is 0. The molecule has 6 heterocycles. The molecular formula is C28H19N5O. The van der Waals surface area contributed by atoms with E-state index < -0.39 is 0 Å². The maximum Gasteiger partial charge on any atom is 0.116 e. The molecule has 7 rings (SSSR count). The zero-order valence-corrected chi connectivity index (χ0v) is 18.0. The summed E-state index contributed by atoms with van der Waals surface area (Å²) in [4.78, 5) is 19.9. The van der Waals surface area contributed by atoms with Gasteiger partial charge in [-0.15, -0.1) is 0 Å². The first-order valence-electron chi connectivity index (χ1n) is 11.1. The third-order valence-electron chi connectivity index (χ3n) is 6.06. The Morgan fingerprint density at radius 2 is 1.24 bits per heavy atom. The molecule has 2 aliphatic rings. The number of hydrogen-bond donors (Lipinski definition) is 4. The molecular weight excluding hydrogens is 422 g/mol. The molecule has 5 aromatic rings. The van der Waals surface area contributed by atoms with Gasteiger partial charge in [0.25, 0.3) is 0 Å². The maximum absolute atomic E-state index is 9.88. The lowest BCUT2D eigenvalue weighted by molar-refractivity contribution is 0.476. The monoisotopic (exact) mass is 441 g/mol. The lowest BCUT2D eigenvalue weighted by atomic mass is 10.1. The lowest BCUT2D eigenvalue weighted by Gasteiger charge is -1.94. The van der Waals surface area contributed by atoms with Gasteiger partial charge in [0.2, 0.25) is 0 Å². The molecule has 0 saturated carbocycles. The second kappa shape index (κ2) is 7.08. The Morgan fingerprint density at radius 1 is 0.529 bits per heavy atom. The molecule has 8 bridgehead atoms. The van der Waals surface area contributed by atoms with E-state index in [1.807, 2.05) is 48.6 Å². The molecule has 162 valence electrons. The van der Waals surface area contributed by atoms with Gasteiger partial charge < -0.3 is 20.1 Å². The van der Waals surface area contributed by atoms with E-state index in [9.17, 15) is 5.11 Å². The van der Waals surface area contributed by atoms with Gasteiger partial charge in [-0.1, -0.05) is 0 Å². The Labute approximate surface area is 194 Å². The van der Waals surface area contributed by atoms with Crippen molar-refractivity contribution < 1.29 is 5.11 Å². The number of phenolic OH excluding ortho intramolecular Hbond substituents is 1. The van der Waals surface area contributed by atoms with Crippen LogP contribution < -0.4 is 0 Å². The lowest BCUT2D eigenvalue weighted by Crippen LogP contribution is -1.78. The number of nitrogens with zero attached hydrogens (tertiary/aromatic N) is 2. The second-order valence-electron chi connectivity index (χ2n) is 8.54. The van der Waals surface area contributed by atoms with Gasteiger partial charge in [-0.2, -0.15) is 0 Å². The van der Waals surface area contributed by atoms with Gasteiger partial charge in [-0.3, -0.25) is 0 Å². The topological polar surface area (TPSA) is 93.4 Å². The van der Waals surface area contributed by atoms with Crippen LogP contribution in [0.5, 0.6) is 5.75 Å². The van der Waals surface area contributed by atoms with Gasteiger partial charge in [0.1, 0.15) is 5.75 Å². The van der Waals surface area contributed by atoms with E-state index >= 15 is 0 Å². The van der Waals surface area contributed by atoms with Crippen molar-refractivity contribution >= 4 is 57.3 Å². The molecule has 4 aromatic heterocycles. The van der Waals surface area contributed by atoms with Crippen LogP contribution in [0.4, 0.5) is 0 Å². The number of rotatable bonds is 1. The molecule has 6 nitrogen and oxygen atoms in total. The third-order valence-corrected chi connectivity index (χ3v) is 6.06. The highest BCUT2D eigenvalue weighted by Crippen LogP contribution is 2.31. The van der Waals surface area contributed by atoms with Gasteiger partial charge in [0.05, 0.1) is 28.3 Å². The molecule has 4 N–H and O–H groups in total. The number of aromatic amines is 3. The number of aromatic hydroxyl groups is 1. The molecule has 6 heteroatoms. The quantitative estimate of drug-likeness (QED) is 0.234. The Bertz CT molecular complexity index is 1830. The molecule has 0 fully saturated rings. The number of aromatic nitrogens is 5. The average molecular weight is 441 g/mol. The predicted molar refractivity (Wildman–Crippen MR) is 138 cm³/mol. The smallest absolute Gasteiger partial charge is 0.116 e. The zero-order chi connectivity index (χ0) is 22.6. The van der Waals surface area contributed by atoms with Gasteiger partial charge in [0.15, 0.2) is 0 Å². The van der Waals surface area contributed by atoms with Crippen LogP contribution in [0, 0.1) is 0 Å². The standard InChI is InChI=1S/C28H19N5O/c34-24-7-8-26-16(9-24)10-27(33-26)25-14-23-13-21-4-3-19(30-21)11-17-1-2-18(29-17)12-20-5-6-22(31-20)15-28(25)32-23/h1-15,30,32-34H. The molecule has 0 spiro atoms. The van der Waals surface area contributed by atoms with E-state index in [4.69, 9.17) is 4.98 Å². The largest absolute Gasteiger partial charge is 0.508 e. The highest BCUT2D eigenvalue weighted by molar-refractivity contribution is 5.93. The van der Waals surface area contributed by atoms with Crippen molar-refractivity contribution in [2.45, 2.75) is 0 Å². The fourth-order valence-electron chi connectivity index (χ4n) is 4.51. The Kier molecular flexibility index (Phi) is 3.90. The molecule has 2 aliphatic heterocycles. The fourth-order valence-corrected chi connectivity index (χ4v) is 4.51. The number of fused-ring (bicyclic) bond motifs is 9. The zero-order valence-electron chi connectivity index (χ0n) is 18.0. The molecule has 0 radical (unpaired) electrons. The van der Waals surface area contributed by atoms with Crippen LogP contribution in [0.25, 0.3) is 68.5 Å². The third kappa shape index (κ3) is 3.29. The molecule has 0 unspecified atom stereocenters. The molecule has 1 aromatic carbocycles. The molecule has 0 atom stereocenters. The number of benzene rings is 1. The van der Waals surface area contributed by atoms with Gasteiger partial charge in [-0.05, 0) is 91.0 Å². The SMILES string of the molecule is Oc1ccc2[nH]c(-c3cc4cc5ccc(cc6nc(cc7nc(cc3[nH]4)C=C7)C=C6)[nH]5)cc2c1. The molecule has 0 aliphatic carbocycles. The van der Waals surface area contributed by atoms with Crippen molar-refractivity contribution in [1.82, 2.24) is 24.9 Å². The first-order valence-corrected chi connectivity index (χ1v) is 11.1. The summed E-state index contributed by atoms with van der Waals surface area (Å²) in [5, 5.41) is 10.8. The minimum absolute atomic E-state index is 0.251. The van der Waals surface area contributed by atoms with Crippen molar-refractivity contribution in [3.63, 3.8) is 0 Å². The highest BCUT2D eigenvalue weighted by atomic mass is 16.3. The van der Waals surface area contributed by atoms with Crippen LogP contribution in [0.15, 0.2) is 66.7 Å². The predicted octanol–water partition coefficient (Wildman–Crippen LogP) is 6.51. The van der Waals surface area contributed by atoms with Crippen LogP contribution >= 0.6 is 0 Å². The summed E-state index contributed by atoms with van der Waals surface area (Å²) >= 11 is 0. The summed E-state index contributed by atoms with van der Waals surface area (Å²) in [5.41, 5.74) is 10.4. The summed E-state index contributed by atoms with van der Waals surface area (Å²) < 4.78 is 0. The van der Waals surface area contributed by atoms with Crippen molar-refractivity contribution in [1.29, 1.82) is 0 Å². The molecule has 0 amide bonds. The maximum atomic E-state index is 9.88. The summed E-state index contributed by atoms with van der Waals surface area (Å²) in [6.07, 6.45) is 8.02. The van der Waals surface area contributed by atoms with Crippen molar-refractivity contribution in [3.05, 3.63) is 89.5 Å². The van der Waals surface area contributed by atoms with Crippen molar-refractivity contribution in [3.8, 4) is 17.0 Å². The normalized spacial score (nSPS) is 12.6. The van der Waals surface area contributed by atoms with E-state index in [1.54, 1.807) is 12.1 Å². The van der Waals surface area contributed by atoms with Crippen LogP contribution in [-0.4, -0.2) is 30.0 Å². The van der Waals surface area contributed by atoms with E-state index in [0.29, 0.717) is 0 Å². The summed E-state index contributed by atoms with van der Waals surface area (Å²) in [5.74, 6) is 0.251. The number of H-pyrrole nitrogens is 3. The van der Waals surface area contributed by atoms with Crippen LogP contribution in [-0.2, 0) is 0 Å². The van der Waals surface area contributed by atoms with Crippen LogP contribution in [0.3, 0.4) is 0 Å². The van der Waals surface area contributed by atoms with E-state index in [2.05, 4.69) is 50.3 Å². The van der Waals surface area contributed by atoms with Crippen LogP contribution in [0.2, 0.25) is 0 Å². The Balaban J connectivity index is 1.52. The van der Waals surface area contributed by atoms with E-state index in [0.717, 1.165) is 67.0 Å².